The fourth-order valence-electron chi connectivity index (χ4n) is 5.74. The summed E-state index contributed by atoms with van der Waals surface area (Å²) >= 11 is 6.47. The molecular formula is C26H22ClN. The Morgan fingerprint density at radius 1 is 0.786 bits per heavy atom. The van der Waals surface area contributed by atoms with Crippen LogP contribution in [0.3, 0.4) is 0 Å². The van der Waals surface area contributed by atoms with Gasteiger partial charge in [-0.1, -0.05) is 79.4 Å². The number of hydrogen-bond acceptors (Lipinski definition) is 0. The lowest BCUT2D eigenvalue weighted by Crippen LogP contribution is -2.30. The SMILES string of the molecule is Clc1ccc2c3c(n(-c4ccccc4)c2c1)C1(CCCCC1)c1ccccc1-3. The van der Waals surface area contributed by atoms with Crippen LogP contribution < -0.4 is 0 Å². The Balaban J connectivity index is 1.80. The average molecular weight is 384 g/mol. The second-order valence-electron chi connectivity index (χ2n) is 8.24. The molecule has 1 aromatic heterocycles. The molecular weight excluding hydrogens is 362 g/mol. The van der Waals surface area contributed by atoms with Gasteiger partial charge in [-0.25, -0.2) is 0 Å². The number of aromatic nitrogens is 1. The van der Waals surface area contributed by atoms with Crippen molar-refractivity contribution < 1.29 is 0 Å². The van der Waals surface area contributed by atoms with Gasteiger partial charge < -0.3 is 4.57 Å². The van der Waals surface area contributed by atoms with Crippen molar-refractivity contribution in [2.45, 2.75) is 37.5 Å². The van der Waals surface area contributed by atoms with Crippen molar-refractivity contribution in [1.29, 1.82) is 0 Å². The summed E-state index contributed by atoms with van der Waals surface area (Å²) in [4.78, 5) is 0. The van der Waals surface area contributed by atoms with Gasteiger partial charge in [0.2, 0.25) is 0 Å². The minimum atomic E-state index is 0.117. The molecule has 6 rings (SSSR count). The summed E-state index contributed by atoms with van der Waals surface area (Å²) < 4.78 is 2.50. The maximum Gasteiger partial charge on any atom is 0.0553 e. The normalized spacial score (nSPS) is 17.0. The van der Waals surface area contributed by atoms with Crippen LogP contribution in [0.5, 0.6) is 0 Å². The minimum absolute atomic E-state index is 0.117. The summed E-state index contributed by atoms with van der Waals surface area (Å²) in [5.74, 6) is 0. The molecule has 0 radical (unpaired) electrons. The molecule has 3 aromatic carbocycles. The molecule has 0 saturated heterocycles. The Bertz CT molecular complexity index is 1200. The number of para-hydroxylation sites is 1. The van der Waals surface area contributed by atoms with E-state index in [4.69, 9.17) is 11.6 Å². The quantitative estimate of drug-likeness (QED) is 0.320. The molecule has 0 atom stereocenters. The maximum atomic E-state index is 6.47. The van der Waals surface area contributed by atoms with Gasteiger partial charge in [0.1, 0.15) is 0 Å². The highest BCUT2D eigenvalue weighted by Gasteiger charge is 2.47. The third-order valence-electron chi connectivity index (χ3n) is 6.82. The topological polar surface area (TPSA) is 4.93 Å². The Hall–Kier alpha value is -2.51. The van der Waals surface area contributed by atoms with Crippen LogP contribution in [-0.4, -0.2) is 4.57 Å². The van der Waals surface area contributed by atoms with Crippen LogP contribution in [0.2, 0.25) is 5.02 Å². The second kappa shape index (κ2) is 5.99. The van der Waals surface area contributed by atoms with Crippen molar-refractivity contribution in [1.82, 2.24) is 4.57 Å². The molecule has 1 nitrogen and oxygen atoms in total. The first-order valence-corrected chi connectivity index (χ1v) is 10.7. The van der Waals surface area contributed by atoms with Crippen molar-refractivity contribution >= 4 is 22.5 Å². The average Bonchev–Trinajstić information content (AvgIpc) is 3.21. The molecule has 1 spiro atoms. The van der Waals surface area contributed by atoms with E-state index in [0.717, 1.165) is 5.02 Å². The van der Waals surface area contributed by atoms with Gasteiger partial charge in [-0.3, -0.25) is 0 Å². The molecule has 0 unspecified atom stereocenters. The van der Waals surface area contributed by atoms with Crippen LogP contribution >= 0.6 is 11.6 Å². The summed E-state index contributed by atoms with van der Waals surface area (Å²) in [6.07, 6.45) is 6.40. The Morgan fingerprint density at radius 2 is 1.54 bits per heavy atom. The van der Waals surface area contributed by atoms with Crippen molar-refractivity contribution in [2.24, 2.45) is 0 Å². The molecule has 0 aliphatic heterocycles. The molecule has 0 N–H and O–H groups in total. The second-order valence-corrected chi connectivity index (χ2v) is 8.68. The summed E-state index contributed by atoms with van der Waals surface area (Å²) in [5, 5.41) is 2.12. The van der Waals surface area contributed by atoms with Gasteiger partial charge in [0.05, 0.1) is 5.52 Å². The number of hydrogen-bond donors (Lipinski definition) is 0. The highest BCUT2D eigenvalue weighted by Crippen LogP contribution is 2.59. The zero-order valence-corrected chi connectivity index (χ0v) is 16.5. The largest absolute Gasteiger partial charge is 0.312 e. The fraction of sp³-hybridized carbons (Fsp3) is 0.231. The van der Waals surface area contributed by atoms with Gasteiger partial charge in [-0.05, 0) is 48.2 Å². The zero-order chi connectivity index (χ0) is 18.7. The molecule has 1 heterocycles. The Kier molecular flexibility index (Phi) is 3.52. The van der Waals surface area contributed by atoms with E-state index in [1.165, 1.54) is 71.1 Å². The van der Waals surface area contributed by atoms with Crippen molar-refractivity contribution in [3.05, 3.63) is 89.1 Å². The van der Waals surface area contributed by atoms with Crippen molar-refractivity contribution in [2.75, 3.05) is 0 Å². The summed E-state index contributed by atoms with van der Waals surface area (Å²) in [6.45, 7) is 0. The lowest BCUT2D eigenvalue weighted by Gasteiger charge is -2.36. The number of nitrogens with zero attached hydrogens (tertiary/aromatic N) is 1. The number of rotatable bonds is 1. The van der Waals surface area contributed by atoms with E-state index in [2.05, 4.69) is 71.3 Å². The van der Waals surface area contributed by atoms with Crippen LogP contribution in [0.4, 0.5) is 0 Å². The van der Waals surface area contributed by atoms with E-state index in [0.29, 0.717) is 0 Å². The fourth-order valence-corrected chi connectivity index (χ4v) is 5.91. The first-order valence-electron chi connectivity index (χ1n) is 10.3. The van der Waals surface area contributed by atoms with E-state index in [-0.39, 0.29) is 5.41 Å². The number of halogens is 1. The number of benzene rings is 3. The van der Waals surface area contributed by atoms with E-state index in [1.54, 1.807) is 0 Å². The van der Waals surface area contributed by atoms with Crippen molar-refractivity contribution in [3.8, 4) is 16.8 Å². The Morgan fingerprint density at radius 3 is 2.36 bits per heavy atom. The van der Waals surface area contributed by atoms with Gasteiger partial charge in [0.25, 0.3) is 0 Å². The zero-order valence-electron chi connectivity index (χ0n) is 15.8. The molecule has 2 heteroatoms. The van der Waals surface area contributed by atoms with Gasteiger partial charge in [0, 0.05) is 32.8 Å². The van der Waals surface area contributed by atoms with Crippen molar-refractivity contribution in [3.63, 3.8) is 0 Å². The monoisotopic (exact) mass is 383 g/mol. The summed E-state index contributed by atoms with van der Waals surface area (Å²) in [7, 11) is 0. The number of fused-ring (bicyclic) bond motifs is 7. The summed E-state index contributed by atoms with van der Waals surface area (Å²) in [5.41, 5.74) is 8.43. The molecule has 4 aromatic rings. The minimum Gasteiger partial charge on any atom is -0.312 e. The third-order valence-corrected chi connectivity index (χ3v) is 7.05. The standard InChI is InChI=1S/C26H22ClN/c27-18-13-14-21-23(17-18)28(19-9-3-1-4-10-19)25-24(21)20-11-5-6-12-22(20)26(25)15-7-2-8-16-26/h1,3-6,9-14,17H,2,7-8,15-16H2. The molecule has 0 bridgehead atoms. The predicted octanol–water partition coefficient (Wildman–Crippen LogP) is 7.51. The molecule has 28 heavy (non-hydrogen) atoms. The first-order chi connectivity index (χ1) is 13.8. The molecule has 0 amide bonds. The highest BCUT2D eigenvalue weighted by molar-refractivity contribution is 6.31. The lowest BCUT2D eigenvalue weighted by molar-refractivity contribution is 0.343. The lowest BCUT2D eigenvalue weighted by atomic mass is 9.69. The maximum absolute atomic E-state index is 6.47. The molecule has 138 valence electrons. The van der Waals surface area contributed by atoms with Gasteiger partial charge >= 0.3 is 0 Å². The summed E-state index contributed by atoms with van der Waals surface area (Å²) in [6, 6.07) is 26.3. The molecule has 2 aliphatic carbocycles. The molecule has 1 fully saturated rings. The van der Waals surface area contributed by atoms with Crippen LogP contribution in [0.25, 0.3) is 27.7 Å². The Labute approximate surface area is 170 Å². The van der Waals surface area contributed by atoms with Crippen LogP contribution in [0, 0.1) is 0 Å². The molecule has 1 saturated carbocycles. The van der Waals surface area contributed by atoms with E-state index in [9.17, 15) is 0 Å². The van der Waals surface area contributed by atoms with Gasteiger partial charge in [0.15, 0.2) is 0 Å². The highest BCUT2D eigenvalue weighted by atomic mass is 35.5. The van der Waals surface area contributed by atoms with Gasteiger partial charge in [-0.15, -0.1) is 0 Å². The third kappa shape index (κ3) is 2.08. The predicted molar refractivity (Wildman–Crippen MR) is 118 cm³/mol. The van der Waals surface area contributed by atoms with E-state index < -0.39 is 0 Å². The van der Waals surface area contributed by atoms with Crippen LogP contribution in [0.1, 0.15) is 43.4 Å². The smallest absolute Gasteiger partial charge is 0.0553 e. The van der Waals surface area contributed by atoms with E-state index >= 15 is 0 Å². The van der Waals surface area contributed by atoms with Gasteiger partial charge in [-0.2, -0.15) is 0 Å². The van der Waals surface area contributed by atoms with Crippen LogP contribution in [-0.2, 0) is 5.41 Å². The van der Waals surface area contributed by atoms with Crippen LogP contribution in [0.15, 0.2) is 72.8 Å². The van der Waals surface area contributed by atoms with E-state index in [1.807, 2.05) is 6.07 Å². The first kappa shape index (κ1) is 16.4. The molecule has 2 aliphatic rings.